The summed E-state index contributed by atoms with van der Waals surface area (Å²) in [5.74, 6) is -0.928. The van der Waals surface area contributed by atoms with Gasteiger partial charge in [-0.05, 0) is 36.4 Å². The molecule has 0 radical (unpaired) electrons. The third-order valence-electron chi connectivity index (χ3n) is 4.94. The number of amides is 2. The number of pyridine rings is 2. The summed E-state index contributed by atoms with van der Waals surface area (Å²) in [4.78, 5) is 30.2. The number of aromatic nitrogens is 4. The number of halogens is 1. The largest absolute Gasteiger partial charge is 0.288 e. The first kappa shape index (κ1) is 19.7. The summed E-state index contributed by atoms with van der Waals surface area (Å²) < 4.78 is 1.62. The quantitative estimate of drug-likeness (QED) is 0.415. The molecule has 3 heterocycles. The Morgan fingerprint density at radius 1 is 0.906 bits per heavy atom. The highest BCUT2D eigenvalue weighted by atomic mass is 35.5. The van der Waals surface area contributed by atoms with Crippen molar-refractivity contribution in [1.29, 1.82) is 0 Å². The van der Waals surface area contributed by atoms with Crippen molar-refractivity contribution in [2.45, 2.75) is 0 Å². The second-order valence-electron chi connectivity index (χ2n) is 7.00. The van der Waals surface area contributed by atoms with Gasteiger partial charge in [-0.2, -0.15) is 0 Å². The van der Waals surface area contributed by atoms with Crippen molar-refractivity contribution in [3.63, 3.8) is 0 Å². The Hall–Kier alpha value is -4.30. The summed E-state index contributed by atoms with van der Waals surface area (Å²) in [6.45, 7) is 0. The minimum atomic E-state index is -0.467. The maximum Gasteiger partial charge on any atom is 0.271 e. The number of carbonyl (C=O) groups excluding carboxylic acids is 2. The minimum Gasteiger partial charge on any atom is -0.288 e. The number of fused-ring (bicyclic) bond motifs is 2. The smallest absolute Gasteiger partial charge is 0.271 e. The fraction of sp³-hybridized carbons (Fsp3) is 0. The first-order valence-corrected chi connectivity index (χ1v) is 10.0. The van der Waals surface area contributed by atoms with Crippen LogP contribution >= 0.6 is 11.6 Å². The summed E-state index contributed by atoms with van der Waals surface area (Å²) in [6.07, 6.45) is 3.07. The number of carbonyl (C=O) groups is 2. The van der Waals surface area contributed by atoms with E-state index in [2.05, 4.69) is 26.0 Å². The maximum absolute atomic E-state index is 13.0. The Labute approximate surface area is 186 Å². The normalized spacial score (nSPS) is 10.9. The summed E-state index contributed by atoms with van der Waals surface area (Å²) in [6, 6.07) is 19.5. The number of hydrogen-bond donors (Lipinski definition) is 2. The van der Waals surface area contributed by atoms with E-state index in [-0.39, 0.29) is 0 Å². The van der Waals surface area contributed by atoms with Crippen LogP contribution in [0.3, 0.4) is 0 Å². The van der Waals surface area contributed by atoms with E-state index in [1.807, 2.05) is 36.4 Å². The summed E-state index contributed by atoms with van der Waals surface area (Å²) in [5, 5.41) is 8.96. The van der Waals surface area contributed by atoms with Gasteiger partial charge >= 0.3 is 0 Å². The molecule has 3 aromatic heterocycles. The maximum atomic E-state index is 13.0. The highest BCUT2D eigenvalue weighted by molar-refractivity contribution is 6.30. The number of rotatable bonds is 3. The van der Waals surface area contributed by atoms with E-state index in [0.717, 1.165) is 5.56 Å². The fourth-order valence-corrected chi connectivity index (χ4v) is 3.47. The first-order chi connectivity index (χ1) is 15.6. The van der Waals surface area contributed by atoms with Crippen molar-refractivity contribution in [3.05, 3.63) is 95.4 Å². The number of para-hydroxylation sites is 1. The number of hydrogen-bond acceptors (Lipinski definition) is 5. The predicted molar refractivity (Wildman–Crippen MR) is 120 cm³/mol. The van der Waals surface area contributed by atoms with E-state index in [4.69, 9.17) is 11.6 Å². The Balaban J connectivity index is 1.43. The summed E-state index contributed by atoms with van der Waals surface area (Å²) >= 11 is 5.99. The Morgan fingerprint density at radius 2 is 1.69 bits per heavy atom. The van der Waals surface area contributed by atoms with Crippen LogP contribution in [-0.4, -0.2) is 31.4 Å². The molecule has 2 N–H and O–H groups in total. The molecule has 5 rings (SSSR count). The van der Waals surface area contributed by atoms with Crippen molar-refractivity contribution < 1.29 is 9.59 Å². The molecular weight excluding hydrogens is 428 g/mol. The number of nitrogens with zero attached hydrogens (tertiary/aromatic N) is 4. The van der Waals surface area contributed by atoms with E-state index in [1.165, 1.54) is 6.33 Å². The van der Waals surface area contributed by atoms with Gasteiger partial charge in [-0.1, -0.05) is 41.9 Å². The van der Waals surface area contributed by atoms with Crippen LogP contribution in [0.1, 0.15) is 20.7 Å². The van der Waals surface area contributed by atoms with E-state index in [1.54, 1.807) is 40.9 Å². The van der Waals surface area contributed by atoms with Crippen LogP contribution in [0, 0.1) is 0 Å². The van der Waals surface area contributed by atoms with E-state index in [9.17, 15) is 9.59 Å². The monoisotopic (exact) mass is 442 g/mol. The Bertz CT molecular complexity index is 1480. The SMILES string of the molecule is O=C(NNC(=O)c1cc(-c2ccc(Cl)cc2)nc2ccccc12)c1ccc2nncn2c1. The third-order valence-corrected chi connectivity index (χ3v) is 5.20. The fourth-order valence-electron chi connectivity index (χ4n) is 3.35. The third kappa shape index (κ3) is 3.75. The summed E-state index contributed by atoms with van der Waals surface area (Å²) in [7, 11) is 0. The molecule has 0 aliphatic heterocycles. The molecule has 0 atom stereocenters. The zero-order valence-electron chi connectivity index (χ0n) is 16.5. The van der Waals surface area contributed by atoms with E-state index < -0.39 is 11.8 Å². The molecule has 0 fully saturated rings. The molecule has 5 aromatic rings. The van der Waals surface area contributed by atoms with Gasteiger partial charge in [0.05, 0.1) is 22.3 Å². The van der Waals surface area contributed by atoms with Gasteiger partial charge in [0.15, 0.2) is 5.65 Å². The lowest BCUT2D eigenvalue weighted by atomic mass is 10.0. The molecule has 0 saturated heterocycles. The predicted octanol–water partition coefficient (Wildman–Crippen LogP) is 3.67. The number of nitrogens with one attached hydrogen (secondary N) is 2. The van der Waals surface area contributed by atoms with Gasteiger partial charge in [0.2, 0.25) is 0 Å². The van der Waals surface area contributed by atoms with Crippen molar-refractivity contribution >= 4 is 40.0 Å². The van der Waals surface area contributed by atoms with Crippen molar-refractivity contribution in [1.82, 2.24) is 30.4 Å². The van der Waals surface area contributed by atoms with E-state index >= 15 is 0 Å². The molecule has 156 valence electrons. The molecule has 0 unspecified atom stereocenters. The van der Waals surface area contributed by atoms with Crippen LogP contribution in [0.5, 0.6) is 0 Å². The van der Waals surface area contributed by atoms with Crippen LogP contribution in [0.15, 0.2) is 79.3 Å². The lowest BCUT2D eigenvalue weighted by molar-refractivity contribution is 0.0847. The van der Waals surface area contributed by atoms with Crippen molar-refractivity contribution in [2.75, 3.05) is 0 Å². The van der Waals surface area contributed by atoms with Crippen LogP contribution in [0.25, 0.3) is 27.8 Å². The first-order valence-electron chi connectivity index (χ1n) is 9.64. The van der Waals surface area contributed by atoms with Gasteiger partial charge < -0.3 is 0 Å². The average Bonchev–Trinajstić information content (AvgIpc) is 3.30. The topological polar surface area (TPSA) is 101 Å². The van der Waals surface area contributed by atoms with Crippen LogP contribution < -0.4 is 10.9 Å². The van der Waals surface area contributed by atoms with Gasteiger partial charge in [0, 0.05) is 22.2 Å². The molecule has 0 saturated carbocycles. The Morgan fingerprint density at radius 3 is 2.53 bits per heavy atom. The number of hydrazine groups is 1. The number of benzene rings is 2. The van der Waals surface area contributed by atoms with Gasteiger partial charge in [-0.3, -0.25) is 24.8 Å². The van der Waals surface area contributed by atoms with Crippen molar-refractivity contribution in [3.8, 4) is 11.3 Å². The zero-order chi connectivity index (χ0) is 22.1. The molecular formula is C23H15ClN6O2. The minimum absolute atomic E-state index is 0.346. The molecule has 32 heavy (non-hydrogen) atoms. The molecule has 0 spiro atoms. The van der Waals surface area contributed by atoms with Gasteiger partial charge in [0.25, 0.3) is 11.8 Å². The summed E-state index contributed by atoms with van der Waals surface area (Å²) in [5.41, 5.74) is 8.39. The molecule has 2 amide bonds. The molecule has 2 aromatic carbocycles. The standard InChI is InChI=1S/C23H15ClN6O2/c24-16-8-5-14(6-9-16)20-11-18(17-3-1-2-4-19(17)26-20)23(32)29-28-22(31)15-7-10-21-27-25-13-30(21)12-15/h1-13H,(H,28,31)(H,29,32). The lowest BCUT2D eigenvalue weighted by Gasteiger charge is -2.11. The molecule has 8 nitrogen and oxygen atoms in total. The molecule has 0 bridgehead atoms. The highest BCUT2D eigenvalue weighted by Gasteiger charge is 2.15. The van der Waals surface area contributed by atoms with Crippen LogP contribution in [0.4, 0.5) is 0 Å². The Kier molecular flexibility index (Phi) is 4.97. The lowest BCUT2D eigenvalue weighted by Crippen LogP contribution is -2.41. The van der Waals surface area contributed by atoms with Gasteiger partial charge in [0.1, 0.15) is 6.33 Å². The molecule has 0 aliphatic rings. The zero-order valence-corrected chi connectivity index (χ0v) is 17.2. The van der Waals surface area contributed by atoms with Crippen LogP contribution in [0.2, 0.25) is 5.02 Å². The highest BCUT2D eigenvalue weighted by Crippen LogP contribution is 2.25. The molecule has 0 aliphatic carbocycles. The van der Waals surface area contributed by atoms with Crippen molar-refractivity contribution in [2.24, 2.45) is 0 Å². The second-order valence-corrected chi connectivity index (χ2v) is 7.44. The second kappa shape index (κ2) is 8.09. The average molecular weight is 443 g/mol. The van der Waals surface area contributed by atoms with Gasteiger partial charge in [-0.15, -0.1) is 10.2 Å². The van der Waals surface area contributed by atoms with Crippen LogP contribution in [-0.2, 0) is 0 Å². The van der Waals surface area contributed by atoms with E-state index in [0.29, 0.717) is 38.4 Å². The molecule has 9 heteroatoms. The van der Waals surface area contributed by atoms with Gasteiger partial charge in [-0.25, -0.2) is 4.98 Å².